The molecule has 0 amide bonds. The Morgan fingerprint density at radius 1 is 1.52 bits per heavy atom. The molecule has 1 aromatic carbocycles. The van der Waals surface area contributed by atoms with Gasteiger partial charge < -0.3 is 14.6 Å². The fraction of sp³-hybridized carbons (Fsp3) is 0.143. The third-order valence-electron chi connectivity index (χ3n) is 2.52. The minimum absolute atomic E-state index is 0.336. The highest BCUT2D eigenvalue weighted by Crippen LogP contribution is 2.37. The number of aromatic nitrogens is 1. The minimum Gasteiger partial charge on any atom is -0.493 e. The third-order valence-corrected chi connectivity index (χ3v) is 3.74. The average molecular weight is 370 g/mol. The maximum absolute atomic E-state index is 10.6. The van der Waals surface area contributed by atoms with Crippen molar-refractivity contribution in [1.29, 1.82) is 0 Å². The van der Waals surface area contributed by atoms with Crippen molar-refractivity contribution in [1.82, 2.24) is 4.98 Å². The molecule has 0 aliphatic heterocycles. The molecule has 2 rings (SSSR count). The second kappa shape index (κ2) is 7.24. The van der Waals surface area contributed by atoms with E-state index < -0.39 is 5.97 Å². The topological polar surface area (TPSA) is 68.7 Å². The maximum Gasteiger partial charge on any atom is 0.328 e. The number of ether oxygens (including phenoxy) is 2. The monoisotopic (exact) mass is 369 g/mol. The molecule has 2 aromatic rings. The summed E-state index contributed by atoms with van der Waals surface area (Å²) >= 11 is 4.91. The molecule has 0 radical (unpaired) electrons. The Balaban J connectivity index is 2.22. The van der Waals surface area contributed by atoms with Crippen molar-refractivity contribution in [3.63, 3.8) is 0 Å². The van der Waals surface area contributed by atoms with E-state index in [2.05, 4.69) is 20.9 Å². The number of methoxy groups -OCH3 is 1. The van der Waals surface area contributed by atoms with Crippen molar-refractivity contribution in [2.24, 2.45) is 0 Å². The molecule has 0 fully saturated rings. The zero-order valence-corrected chi connectivity index (χ0v) is 13.5. The first-order chi connectivity index (χ1) is 10.1. The van der Waals surface area contributed by atoms with Gasteiger partial charge in [-0.25, -0.2) is 9.78 Å². The first-order valence-electron chi connectivity index (χ1n) is 5.88. The number of halogens is 1. The summed E-state index contributed by atoms with van der Waals surface area (Å²) in [5.74, 6) is 0.0663. The number of carboxylic acid groups (broad SMARTS) is 1. The van der Waals surface area contributed by atoms with E-state index in [4.69, 9.17) is 14.6 Å². The van der Waals surface area contributed by atoms with Crippen LogP contribution in [-0.4, -0.2) is 23.2 Å². The van der Waals surface area contributed by atoms with E-state index in [1.54, 1.807) is 17.6 Å². The van der Waals surface area contributed by atoms with Gasteiger partial charge in [-0.1, -0.05) is 0 Å². The molecule has 110 valence electrons. The lowest BCUT2D eigenvalue weighted by molar-refractivity contribution is -0.131. The van der Waals surface area contributed by atoms with Crippen LogP contribution in [0, 0.1) is 0 Å². The van der Waals surface area contributed by atoms with Gasteiger partial charge in [0, 0.05) is 11.5 Å². The van der Waals surface area contributed by atoms with E-state index in [9.17, 15) is 4.79 Å². The van der Waals surface area contributed by atoms with Crippen molar-refractivity contribution in [3.05, 3.63) is 44.8 Å². The molecule has 1 aromatic heterocycles. The molecular formula is C14H12BrNO4S. The summed E-state index contributed by atoms with van der Waals surface area (Å²) in [6, 6.07) is 3.47. The number of benzene rings is 1. The van der Waals surface area contributed by atoms with Crippen LogP contribution in [0.2, 0.25) is 0 Å². The Bertz CT molecular complexity index is 655. The largest absolute Gasteiger partial charge is 0.493 e. The summed E-state index contributed by atoms with van der Waals surface area (Å²) in [5, 5.41) is 10.6. The summed E-state index contributed by atoms with van der Waals surface area (Å²) in [7, 11) is 1.53. The molecule has 0 aliphatic carbocycles. The summed E-state index contributed by atoms with van der Waals surface area (Å²) in [6.07, 6.45) is 2.55. The highest BCUT2D eigenvalue weighted by molar-refractivity contribution is 9.10. The van der Waals surface area contributed by atoms with Crippen LogP contribution in [0.5, 0.6) is 11.5 Å². The Morgan fingerprint density at radius 3 is 2.95 bits per heavy atom. The Hall–Kier alpha value is -1.86. The Labute approximate surface area is 134 Å². The third kappa shape index (κ3) is 4.30. The van der Waals surface area contributed by atoms with E-state index in [0.29, 0.717) is 28.1 Å². The Kier molecular flexibility index (Phi) is 5.35. The van der Waals surface area contributed by atoms with Crippen molar-refractivity contribution in [2.75, 3.05) is 7.11 Å². The molecule has 21 heavy (non-hydrogen) atoms. The standard InChI is InChI=1S/C14H12BrNO4S/c1-19-12-5-9(2-3-13(17)18)4-11(15)14(12)20-6-10-7-21-8-16-10/h2-5,7-8H,6H2,1H3,(H,17,18)/b3-2+. The summed E-state index contributed by atoms with van der Waals surface area (Å²) in [6.45, 7) is 0.336. The second-order valence-electron chi connectivity index (χ2n) is 3.97. The van der Waals surface area contributed by atoms with Gasteiger partial charge >= 0.3 is 5.97 Å². The van der Waals surface area contributed by atoms with Gasteiger partial charge in [-0.15, -0.1) is 11.3 Å². The molecule has 1 N–H and O–H groups in total. The molecule has 0 unspecified atom stereocenters. The molecule has 0 aliphatic rings. The van der Waals surface area contributed by atoms with Crippen LogP contribution in [0.1, 0.15) is 11.3 Å². The highest BCUT2D eigenvalue weighted by Gasteiger charge is 2.11. The zero-order chi connectivity index (χ0) is 15.2. The average Bonchev–Trinajstić information content (AvgIpc) is 2.96. The van der Waals surface area contributed by atoms with Gasteiger partial charge in [-0.05, 0) is 39.7 Å². The highest BCUT2D eigenvalue weighted by atomic mass is 79.9. The predicted molar refractivity (Wildman–Crippen MR) is 83.8 cm³/mol. The maximum atomic E-state index is 10.6. The fourth-order valence-electron chi connectivity index (χ4n) is 1.60. The van der Waals surface area contributed by atoms with Crippen molar-refractivity contribution >= 4 is 39.3 Å². The molecule has 0 bridgehead atoms. The molecule has 5 nitrogen and oxygen atoms in total. The molecule has 0 saturated heterocycles. The second-order valence-corrected chi connectivity index (χ2v) is 5.55. The Morgan fingerprint density at radius 2 is 2.33 bits per heavy atom. The lowest BCUT2D eigenvalue weighted by Crippen LogP contribution is -1.99. The van der Waals surface area contributed by atoms with Crippen LogP contribution in [0.15, 0.2) is 33.6 Å². The number of carboxylic acids is 1. The number of aliphatic carboxylic acids is 1. The van der Waals surface area contributed by atoms with Gasteiger partial charge in [0.2, 0.25) is 0 Å². The van der Waals surface area contributed by atoms with Crippen LogP contribution in [0.3, 0.4) is 0 Å². The van der Waals surface area contributed by atoms with Crippen molar-refractivity contribution < 1.29 is 19.4 Å². The molecule has 0 atom stereocenters. The summed E-state index contributed by atoms with van der Waals surface area (Å²) in [5.41, 5.74) is 3.27. The van der Waals surface area contributed by atoms with Gasteiger partial charge in [-0.3, -0.25) is 0 Å². The quantitative estimate of drug-likeness (QED) is 0.787. The number of thiazole rings is 1. The SMILES string of the molecule is COc1cc(/C=C/C(=O)O)cc(Br)c1OCc1cscn1. The van der Waals surface area contributed by atoms with Crippen molar-refractivity contribution in [2.45, 2.75) is 6.61 Å². The van der Waals surface area contributed by atoms with Crippen LogP contribution >= 0.6 is 27.3 Å². The van der Waals surface area contributed by atoms with Crippen LogP contribution in [0.4, 0.5) is 0 Å². The van der Waals surface area contributed by atoms with Crippen molar-refractivity contribution in [3.8, 4) is 11.5 Å². The van der Waals surface area contributed by atoms with Crippen LogP contribution < -0.4 is 9.47 Å². The van der Waals surface area contributed by atoms with E-state index in [1.807, 2.05) is 5.38 Å². The minimum atomic E-state index is -1.01. The lowest BCUT2D eigenvalue weighted by Gasteiger charge is -2.12. The normalized spacial score (nSPS) is 10.8. The van der Waals surface area contributed by atoms with E-state index in [1.165, 1.54) is 24.5 Å². The van der Waals surface area contributed by atoms with Gasteiger partial charge in [0.05, 0.1) is 22.8 Å². The van der Waals surface area contributed by atoms with E-state index in [0.717, 1.165) is 11.8 Å². The van der Waals surface area contributed by atoms with Gasteiger partial charge in [0.25, 0.3) is 0 Å². The summed E-state index contributed by atoms with van der Waals surface area (Å²) < 4.78 is 11.7. The number of hydrogen-bond donors (Lipinski definition) is 1. The molecule has 0 spiro atoms. The predicted octanol–water partition coefficient (Wildman–Crippen LogP) is 3.59. The van der Waals surface area contributed by atoms with E-state index >= 15 is 0 Å². The zero-order valence-electron chi connectivity index (χ0n) is 11.1. The molecular weight excluding hydrogens is 358 g/mol. The summed E-state index contributed by atoms with van der Waals surface area (Å²) in [4.78, 5) is 14.7. The number of hydrogen-bond acceptors (Lipinski definition) is 5. The number of carbonyl (C=O) groups is 1. The van der Waals surface area contributed by atoms with Crippen LogP contribution in [-0.2, 0) is 11.4 Å². The van der Waals surface area contributed by atoms with Crippen LogP contribution in [0.25, 0.3) is 6.08 Å². The smallest absolute Gasteiger partial charge is 0.328 e. The number of nitrogens with zero attached hydrogens (tertiary/aromatic N) is 1. The molecule has 7 heteroatoms. The van der Waals surface area contributed by atoms with E-state index in [-0.39, 0.29) is 0 Å². The van der Waals surface area contributed by atoms with Gasteiger partial charge in [0.1, 0.15) is 6.61 Å². The fourth-order valence-corrected chi connectivity index (χ4v) is 2.72. The molecule has 1 heterocycles. The van der Waals surface area contributed by atoms with Gasteiger partial charge in [-0.2, -0.15) is 0 Å². The first kappa shape index (κ1) is 15.5. The van der Waals surface area contributed by atoms with Gasteiger partial charge in [0.15, 0.2) is 11.5 Å². The first-order valence-corrected chi connectivity index (χ1v) is 7.62. The molecule has 0 saturated carbocycles. The lowest BCUT2D eigenvalue weighted by atomic mass is 10.2. The number of rotatable bonds is 6.